The summed E-state index contributed by atoms with van der Waals surface area (Å²) in [4.78, 5) is 35.1. The van der Waals surface area contributed by atoms with Crippen LogP contribution in [-0.2, 0) is 17.8 Å². The third kappa shape index (κ3) is 5.29. The van der Waals surface area contributed by atoms with E-state index in [1.807, 2.05) is 18.2 Å². The molecule has 1 unspecified atom stereocenters. The highest BCUT2D eigenvalue weighted by atomic mass is 19.1. The minimum Gasteiger partial charge on any atom is -0.493 e. The summed E-state index contributed by atoms with van der Waals surface area (Å²) in [6.45, 7) is 2.73. The lowest BCUT2D eigenvalue weighted by atomic mass is 9.85. The minimum absolute atomic E-state index is 0.0102. The molecule has 6 heterocycles. The lowest BCUT2D eigenvalue weighted by Crippen LogP contribution is -2.37. The SMILES string of the molecule is Cc1nc2ncc1C(CC(=O)O)c1ccc3c(c1)CN(CC3)C(=O)c1c(F)cc(cc1F)OCCCCO2. The first-order valence-electron chi connectivity index (χ1n) is 12.5. The molecular formula is C28H27F2N3O5. The Morgan fingerprint density at radius 2 is 1.84 bits per heavy atom. The number of aryl methyl sites for hydroxylation is 1. The summed E-state index contributed by atoms with van der Waals surface area (Å²) >= 11 is 0. The van der Waals surface area contributed by atoms with Gasteiger partial charge in [-0.3, -0.25) is 9.59 Å². The molecule has 1 amide bonds. The fraction of sp³-hybridized carbons (Fsp3) is 0.357. The molecule has 8 rings (SSSR count). The number of hydrogen-bond acceptors (Lipinski definition) is 6. The number of benzene rings is 2. The van der Waals surface area contributed by atoms with Crippen LogP contribution in [0, 0.1) is 18.6 Å². The van der Waals surface area contributed by atoms with Crippen LogP contribution in [-0.4, -0.2) is 51.6 Å². The number of halogens is 2. The predicted octanol–water partition coefficient (Wildman–Crippen LogP) is 4.42. The number of ether oxygens (including phenoxy) is 2. The molecule has 1 atom stereocenters. The lowest BCUT2D eigenvalue weighted by Gasteiger charge is -2.30. The van der Waals surface area contributed by atoms with Crippen molar-refractivity contribution in [2.45, 2.75) is 45.1 Å². The Kier molecular flexibility index (Phi) is 7.22. The van der Waals surface area contributed by atoms with Crippen LogP contribution >= 0.6 is 0 Å². The van der Waals surface area contributed by atoms with Gasteiger partial charge in [0.05, 0.1) is 19.6 Å². The van der Waals surface area contributed by atoms with Gasteiger partial charge in [0.1, 0.15) is 22.9 Å². The maximum absolute atomic E-state index is 14.9. The number of hydrogen-bond donors (Lipinski definition) is 1. The van der Waals surface area contributed by atoms with Crippen molar-refractivity contribution in [3.63, 3.8) is 0 Å². The van der Waals surface area contributed by atoms with E-state index in [0.717, 1.165) is 28.8 Å². The largest absolute Gasteiger partial charge is 0.493 e. The number of carbonyl (C=O) groups is 2. The minimum atomic E-state index is -0.980. The fourth-order valence-electron chi connectivity index (χ4n) is 4.97. The summed E-state index contributed by atoms with van der Waals surface area (Å²) in [5.41, 5.74) is 3.16. The zero-order valence-corrected chi connectivity index (χ0v) is 20.9. The lowest BCUT2D eigenvalue weighted by molar-refractivity contribution is -0.137. The zero-order valence-electron chi connectivity index (χ0n) is 20.9. The summed E-state index contributed by atoms with van der Waals surface area (Å²) in [5.74, 6) is -4.20. The first-order chi connectivity index (χ1) is 18.3. The number of rotatable bonds is 2. The molecule has 2 aromatic carbocycles. The molecule has 10 heteroatoms. The molecule has 1 N–H and O–H groups in total. The molecule has 0 spiro atoms. The van der Waals surface area contributed by atoms with E-state index in [1.165, 1.54) is 4.90 Å². The topological polar surface area (TPSA) is 102 Å². The van der Waals surface area contributed by atoms with Crippen molar-refractivity contribution >= 4 is 11.9 Å². The van der Waals surface area contributed by atoms with Gasteiger partial charge in [-0.2, -0.15) is 0 Å². The molecular weight excluding hydrogens is 496 g/mol. The number of carbonyl (C=O) groups excluding carboxylic acids is 1. The molecule has 0 radical (unpaired) electrons. The number of nitrogens with zero attached hydrogens (tertiary/aromatic N) is 3. The summed E-state index contributed by atoms with van der Waals surface area (Å²) in [5, 5.41) is 9.65. The Hall–Kier alpha value is -4.08. The van der Waals surface area contributed by atoms with E-state index >= 15 is 0 Å². The Morgan fingerprint density at radius 3 is 2.55 bits per heavy atom. The van der Waals surface area contributed by atoms with Crippen molar-refractivity contribution < 1.29 is 33.0 Å². The Bertz CT molecular complexity index is 1370. The van der Waals surface area contributed by atoms with Gasteiger partial charge >= 0.3 is 12.0 Å². The Balaban J connectivity index is 1.55. The normalized spacial score (nSPS) is 17.6. The van der Waals surface area contributed by atoms with Gasteiger partial charge in [0.2, 0.25) is 0 Å². The van der Waals surface area contributed by atoms with Crippen LogP contribution in [0.25, 0.3) is 0 Å². The first kappa shape index (κ1) is 25.6. The van der Waals surface area contributed by atoms with Crippen LogP contribution in [0.1, 0.15) is 63.5 Å². The molecule has 0 saturated carbocycles. The van der Waals surface area contributed by atoms with Gasteiger partial charge in [0, 0.05) is 48.6 Å². The second-order valence-electron chi connectivity index (χ2n) is 9.51. The molecule has 38 heavy (non-hydrogen) atoms. The second-order valence-corrected chi connectivity index (χ2v) is 9.51. The number of carboxylic acids is 1. The third-order valence-electron chi connectivity index (χ3n) is 6.95. The smallest absolute Gasteiger partial charge is 0.316 e. The molecule has 198 valence electrons. The summed E-state index contributed by atoms with van der Waals surface area (Å²) in [6.07, 6.45) is 3.04. The standard InChI is InChI=1S/C28H27F2N3O5/c1-16-22-14-31-28(32-16)38-9-3-2-8-37-20-11-23(29)26(24(30)12-20)27(36)33-7-6-17-4-5-18(10-19(17)15-33)21(22)13-25(34)35/h4-5,10-12,14,21H,2-3,6-9,13,15H2,1H3,(H,34,35). The molecule has 5 aliphatic rings. The molecule has 5 aliphatic heterocycles. The molecule has 8 nitrogen and oxygen atoms in total. The number of aromatic nitrogens is 2. The van der Waals surface area contributed by atoms with Crippen LogP contribution in [0.15, 0.2) is 36.5 Å². The molecule has 7 bridgehead atoms. The van der Waals surface area contributed by atoms with Gasteiger partial charge in [-0.15, -0.1) is 0 Å². The summed E-state index contributed by atoms with van der Waals surface area (Å²) in [6, 6.07) is 7.89. The molecule has 0 saturated heterocycles. The van der Waals surface area contributed by atoms with Crippen LogP contribution in [0.2, 0.25) is 0 Å². The second kappa shape index (κ2) is 10.7. The number of aliphatic carboxylic acids is 1. The van der Waals surface area contributed by atoms with E-state index in [9.17, 15) is 23.5 Å². The van der Waals surface area contributed by atoms with Crippen molar-refractivity contribution in [3.05, 3.63) is 81.7 Å². The molecule has 3 aromatic rings. The van der Waals surface area contributed by atoms with Gasteiger partial charge in [0.15, 0.2) is 0 Å². The van der Waals surface area contributed by atoms with Crippen molar-refractivity contribution in [2.75, 3.05) is 19.8 Å². The van der Waals surface area contributed by atoms with E-state index in [-0.39, 0.29) is 31.3 Å². The number of carboxylic acid groups (broad SMARTS) is 1. The maximum atomic E-state index is 14.9. The highest BCUT2D eigenvalue weighted by molar-refractivity contribution is 5.95. The fourth-order valence-corrected chi connectivity index (χ4v) is 4.97. The van der Waals surface area contributed by atoms with Gasteiger partial charge in [-0.1, -0.05) is 18.2 Å². The van der Waals surface area contributed by atoms with Gasteiger partial charge in [-0.25, -0.2) is 18.7 Å². The van der Waals surface area contributed by atoms with Crippen LogP contribution < -0.4 is 9.47 Å². The van der Waals surface area contributed by atoms with Crippen molar-refractivity contribution in [3.8, 4) is 11.8 Å². The number of amides is 1. The quantitative estimate of drug-likeness (QED) is 0.531. The van der Waals surface area contributed by atoms with E-state index in [2.05, 4.69) is 9.97 Å². The highest BCUT2D eigenvalue weighted by Gasteiger charge is 2.29. The van der Waals surface area contributed by atoms with E-state index in [1.54, 1.807) is 13.1 Å². The van der Waals surface area contributed by atoms with E-state index in [0.29, 0.717) is 43.7 Å². The summed E-state index contributed by atoms with van der Waals surface area (Å²) < 4.78 is 40.9. The maximum Gasteiger partial charge on any atom is 0.316 e. The van der Waals surface area contributed by atoms with Crippen LogP contribution in [0.4, 0.5) is 8.78 Å². The first-order valence-corrected chi connectivity index (χ1v) is 12.5. The average Bonchev–Trinajstić information content (AvgIpc) is 2.88. The Labute approximate surface area is 218 Å². The monoisotopic (exact) mass is 523 g/mol. The van der Waals surface area contributed by atoms with Crippen molar-refractivity contribution in [2.24, 2.45) is 0 Å². The molecule has 1 aromatic heterocycles. The molecule has 0 aliphatic carbocycles. The van der Waals surface area contributed by atoms with Crippen molar-refractivity contribution in [1.82, 2.24) is 14.9 Å². The molecule has 0 fully saturated rings. The summed E-state index contributed by atoms with van der Waals surface area (Å²) in [7, 11) is 0. The third-order valence-corrected chi connectivity index (χ3v) is 6.95. The highest BCUT2D eigenvalue weighted by Crippen LogP contribution is 2.33. The van der Waals surface area contributed by atoms with Gasteiger partial charge in [-0.05, 0) is 42.9 Å². The predicted molar refractivity (Wildman–Crippen MR) is 132 cm³/mol. The Morgan fingerprint density at radius 1 is 1.11 bits per heavy atom. The van der Waals surface area contributed by atoms with Crippen LogP contribution in [0.3, 0.4) is 0 Å². The van der Waals surface area contributed by atoms with Crippen LogP contribution in [0.5, 0.6) is 11.8 Å². The van der Waals surface area contributed by atoms with Gasteiger partial charge < -0.3 is 19.5 Å². The van der Waals surface area contributed by atoms with Crippen molar-refractivity contribution in [1.29, 1.82) is 0 Å². The average molecular weight is 524 g/mol. The van der Waals surface area contributed by atoms with E-state index in [4.69, 9.17) is 9.47 Å². The zero-order chi connectivity index (χ0) is 26.8. The van der Waals surface area contributed by atoms with E-state index < -0.39 is 35.0 Å². The van der Waals surface area contributed by atoms with Gasteiger partial charge in [0.25, 0.3) is 5.91 Å².